The van der Waals surface area contributed by atoms with Gasteiger partial charge in [0.05, 0.1) is 0 Å². The lowest BCUT2D eigenvalue weighted by molar-refractivity contribution is 0.0935. The van der Waals surface area contributed by atoms with Crippen LogP contribution in [0.25, 0.3) is 0 Å². The second kappa shape index (κ2) is 6.24. The zero-order valence-electron chi connectivity index (χ0n) is 9.66. The molecule has 1 heterocycles. The summed E-state index contributed by atoms with van der Waals surface area (Å²) < 4.78 is 1.80. The first-order chi connectivity index (χ1) is 6.61. The molecular weight excluding hydrogens is 176 g/mol. The molecule has 1 N–H and O–H groups in total. The van der Waals surface area contributed by atoms with E-state index in [0.29, 0.717) is 5.69 Å². The molecular formula is C11H20N2O. The van der Waals surface area contributed by atoms with Gasteiger partial charge in [0.2, 0.25) is 0 Å². The highest BCUT2D eigenvalue weighted by molar-refractivity contribution is 5.92. The Hall–Kier alpha value is -1.25. The van der Waals surface area contributed by atoms with Crippen molar-refractivity contribution in [3.05, 3.63) is 24.0 Å². The molecule has 1 aromatic rings. The molecule has 0 atom stereocenters. The van der Waals surface area contributed by atoms with E-state index in [9.17, 15) is 4.79 Å². The van der Waals surface area contributed by atoms with Gasteiger partial charge in [-0.2, -0.15) is 0 Å². The topological polar surface area (TPSA) is 34.0 Å². The lowest BCUT2D eigenvalue weighted by Gasteiger charge is -2.08. The first-order valence-electron chi connectivity index (χ1n) is 5.03. The van der Waals surface area contributed by atoms with Crippen LogP contribution in [0.2, 0.25) is 0 Å². The van der Waals surface area contributed by atoms with Gasteiger partial charge < -0.3 is 9.88 Å². The van der Waals surface area contributed by atoms with Crippen molar-refractivity contribution in [2.24, 2.45) is 7.05 Å². The average Bonchev–Trinajstić information content (AvgIpc) is 2.54. The van der Waals surface area contributed by atoms with Crippen LogP contribution in [0.15, 0.2) is 18.3 Å². The molecule has 0 saturated heterocycles. The fourth-order valence-corrected chi connectivity index (χ4v) is 1.03. The molecule has 80 valence electrons. The van der Waals surface area contributed by atoms with Crippen molar-refractivity contribution in [2.45, 2.75) is 33.7 Å². The summed E-state index contributed by atoms with van der Waals surface area (Å²) in [4.78, 5) is 11.4. The zero-order chi connectivity index (χ0) is 11.1. The summed E-state index contributed by atoms with van der Waals surface area (Å²) in [5.74, 6) is -0.0162. The van der Waals surface area contributed by atoms with Crippen molar-refractivity contribution >= 4 is 5.91 Å². The molecule has 0 aliphatic rings. The Kier molecular flexibility index (Phi) is 5.68. The van der Waals surface area contributed by atoms with Gasteiger partial charge in [0.25, 0.3) is 5.91 Å². The quantitative estimate of drug-likeness (QED) is 0.773. The standard InChI is InChI=1S/C9H14N2O.C2H6/c1-7(2)10-9(12)8-5-4-6-11(8)3;1-2/h4-7H,1-3H3,(H,10,12);1-2H3. The predicted molar refractivity (Wildman–Crippen MR) is 59.4 cm³/mol. The lowest BCUT2D eigenvalue weighted by Crippen LogP contribution is -2.31. The molecule has 0 unspecified atom stereocenters. The summed E-state index contributed by atoms with van der Waals surface area (Å²) >= 11 is 0. The number of amides is 1. The summed E-state index contributed by atoms with van der Waals surface area (Å²) in [6.45, 7) is 7.89. The normalized spacial score (nSPS) is 9.29. The van der Waals surface area contributed by atoms with Crippen molar-refractivity contribution in [1.82, 2.24) is 9.88 Å². The molecule has 14 heavy (non-hydrogen) atoms. The van der Waals surface area contributed by atoms with Gasteiger partial charge in [0.15, 0.2) is 0 Å². The smallest absolute Gasteiger partial charge is 0.268 e. The Morgan fingerprint density at radius 1 is 1.43 bits per heavy atom. The third-order valence-electron chi connectivity index (χ3n) is 1.60. The van der Waals surface area contributed by atoms with Crippen LogP contribution in [-0.4, -0.2) is 16.5 Å². The molecule has 0 aromatic carbocycles. The Labute approximate surface area is 86.1 Å². The minimum atomic E-state index is -0.0162. The first-order valence-corrected chi connectivity index (χ1v) is 5.03. The van der Waals surface area contributed by atoms with Gasteiger partial charge in [-0.05, 0) is 26.0 Å². The molecule has 0 spiro atoms. The molecule has 0 aliphatic carbocycles. The molecule has 1 aromatic heterocycles. The lowest BCUT2D eigenvalue weighted by atomic mass is 10.3. The average molecular weight is 196 g/mol. The fraction of sp³-hybridized carbons (Fsp3) is 0.545. The molecule has 3 nitrogen and oxygen atoms in total. The SMILES string of the molecule is CC.CC(C)NC(=O)c1cccn1C. The maximum absolute atomic E-state index is 11.4. The second-order valence-corrected chi connectivity index (χ2v) is 3.13. The second-order valence-electron chi connectivity index (χ2n) is 3.13. The largest absolute Gasteiger partial charge is 0.349 e. The van der Waals surface area contributed by atoms with Crippen LogP contribution < -0.4 is 5.32 Å². The van der Waals surface area contributed by atoms with E-state index in [1.165, 1.54) is 0 Å². The van der Waals surface area contributed by atoms with Crippen LogP contribution >= 0.6 is 0 Å². The van der Waals surface area contributed by atoms with Crippen molar-refractivity contribution in [2.75, 3.05) is 0 Å². The maximum atomic E-state index is 11.4. The molecule has 1 rings (SSSR count). The minimum absolute atomic E-state index is 0.0162. The van der Waals surface area contributed by atoms with E-state index < -0.39 is 0 Å². The highest BCUT2D eigenvalue weighted by atomic mass is 16.2. The monoisotopic (exact) mass is 196 g/mol. The van der Waals surface area contributed by atoms with Crippen molar-refractivity contribution in [1.29, 1.82) is 0 Å². The predicted octanol–water partition coefficient (Wildman–Crippen LogP) is 2.19. The summed E-state index contributed by atoms with van der Waals surface area (Å²) in [7, 11) is 1.86. The molecule has 0 radical (unpaired) electrons. The number of nitrogens with one attached hydrogen (secondary N) is 1. The molecule has 0 bridgehead atoms. The van der Waals surface area contributed by atoms with Crippen LogP contribution in [0.5, 0.6) is 0 Å². The van der Waals surface area contributed by atoms with Crippen molar-refractivity contribution in [3.63, 3.8) is 0 Å². The third-order valence-corrected chi connectivity index (χ3v) is 1.60. The van der Waals surface area contributed by atoms with Crippen LogP contribution in [0.1, 0.15) is 38.2 Å². The van der Waals surface area contributed by atoms with E-state index in [0.717, 1.165) is 0 Å². The minimum Gasteiger partial charge on any atom is -0.349 e. The molecule has 0 saturated carbocycles. The van der Waals surface area contributed by atoms with Crippen LogP contribution in [-0.2, 0) is 7.05 Å². The summed E-state index contributed by atoms with van der Waals surface area (Å²) in [5, 5.41) is 2.83. The van der Waals surface area contributed by atoms with Gasteiger partial charge >= 0.3 is 0 Å². The fourth-order valence-electron chi connectivity index (χ4n) is 1.03. The van der Waals surface area contributed by atoms with Crippen LogP contribution in [0, 0.1) is 0 Å². The van der Waals surface area contributed by atoms with E-state index in [4.69, 9.17) is 0 Å². The van der Waals surface area contributed by atoms with Crippen molar-refractivity contribution in [3.8, 4) is 0 Å². The summed E-state index contributed by atoms with van der Waals surface area (Å²) in [6.07, 6.45) is 1.86. The van der Waals surface area contributed by atoms with E-state index in [1.54, 1.807) is 10.6 Å². The highest BCUT2D eigenvalue weighted by Gasteiger charge is 2.08. The zero-order valence-corrected chi connectivity index (χ0v) is 9.66. The van der Waals surface area contributed by atoms with E-state index in [-0.39, 0.29) is 11.9 Å². The summed E-state index contributed by atoms with van der Waals surface area (Å²) in [5.41, 5.74) is 0.698. The Morgan fingerprint density at radius 3 is 2.36 bits per heavy atom. The Balaban J connectivity index is 0.000000791. The maximum Gasteiger partial charge on any atom is 0.268 e. The van der Waals surface area contributed by atoms with Gasteiger partial charge in [0.1, 0.15) is 5.69 Å². The van der Waals surface area contributed by atoms with Gasteiger partial charge in [-0.3, -0.25) is 4.79 Å². The number of hydrogen-bond donors (Lipinski definition) is 1. The number of aromatic nitrogens is 1. The Morgan fingerprint density at radius 2 is 2.00 bits per heavy atom. The molecule has 3 heteroatoms. The molecule has 0 fully saturated rings. The van der Waals surface area contributed by atoms with E-state index in [1.807, 2.05) is 47.0 Å². The van der Waals surface area contributed by atoms with E-state index >= 15 is 0 Å². The van der Waals surface area contributed by atoms with Gasteiger partial charge in [-0.15, -0.1) is 0 Å². The molecule has 1 amide bonds. The van der Waals surface area contributed by atoms with Gasteiger partial charge in [-0.1, -0.05) is 13.8 Å². The Bertz CT molecular complexity index is 277. The number of carbonyl (C=O) groups is 1. The number of nitrogens with zero attached hydrogens (tertiary/aromatic N) is 1. The highest BCUT2D eigenvalue weighted by Crippen LogP contribution is 1.99. The van der Waals surface area contributed by atoms with Crippen molar-refractivity contribution < 1.29 is 4.79 Å². The number of rotatable bonds is 2. The van der Waals surface area contributed by atoms with Gasteiger partial charge in [-0.25, -0.2) is 0 Å². The van der Waals surface area contributed by atoms with Crippen LogP contribution in [0.4, 0.5) is 0 Å². The van der Waals surface area contributed by atoms with E-state index in [2.05, 4.69) is 5.32 Å². The van der Waals surface area contributed by atoms with Crippen LogP contribution in [0.3, 0.4) is 0 Å². The van der Waals surface area contributed by atoms with Gasteiger partial charge in [0, 0.05) is 19.3 Å². The molecule has 0 aliphatic heterocycles. The third kappa shape index (κ3) is 3.64. The summed E-state index contributed by atoms with van der Waals surface area (Å²) in [6, 6.07) is 3.85. The first kappa shape index (κ1) is 12.8. The number of hydrogen-bond acceptors (Lipinski definition) is 1. The number of aryl methyl sites for hydroxylation is 1. The number of carbonyl (C=O) groups excluding carboxylic acids is 1.